The van der Waals surface area contributed by atoms with Gasteiger partial charge in [-0.2, -0.15) is 0 Å². The van der Waals surface area contributed by atoms with Crippen LogP contribution in [0, 0.1) is 5.92 Å². The number of hydrogen-bond donors (Lipinski definition) is 0. The molecular weight excluding hydrogens is 420 g/mol. The molecule has 30 heavy (non-hydrogen) atoms. The molecule has 2 aromatic rings. The Morgan fingerprint density at radius 2 is 1.90 bits per heavy atom. The second-order valence-electron chi connectivity index (χ2n) is 8.13. The Labute approximate surface area is 187 Å². The monoisotopic (exact) mass is 448 g/mol. The molecule has 0 unspecified atom stereocenters. The fraction of sp³-hybridized carbons (Fsp3) is 0.478. The molecule has 0 saturated carbocycles. The molecule has 3 rings (SSSR count). The summed E-state index contributed by atoms with van der Waals surface area (Å²) >= 11 is 7.68. The van der Waals surface area contributed by atoms with Crippen LogP contribution in [0.4, 0.5) is 0 Å². The van der Waals surface area contributed by atoms with E-state index >= 15 is 0 Å². The van der Waals surface area contributed by atoms with Crippen molar-refractivity contribution in [2.45, 2.75) is 46.2 Å². The predicted octanol–water partition coefficient (Wildman–Crippen LogP) is 4.80. The number of fused-ring (bicyclic) bond motifs is 1. The van der Waals surface area contributed by atoms with Gasteiger partial charge in [-0.25, -0.2) is 0 Å². The van der Waals surface area contributed by atoms with E-state index in [4.69, 9.17) is 16.3 Å². The number of thiophene rings is 1. The van der Waals surface area contributed by atoms with E-state index in [0.29, 0.717) is 23.9 Å². The number of hydrogen-bond acceptors (Lipinski definition) is 4. The molecular formula is C23H29ClN2O3S. The summed E-state index contributed by atoms with van der Waals surface area (Å²) in [5.74, 6) is 0.529. The van der Waals surface area contributed by atoms with E-state index in [-0.39, 0.29) is 36.4 Å². The Kier molecular flexibility index (Phi) is 7.42. The Morgan fingerprint density at radius 1 is 1.20 bits per heavy atom. The minimum atomic E-state index is -0.175. The molecule has 0 fully saturated rings. The lowest BCUT2D eigenvalue weighted by molar-refractivity contribution is -0.145. The number of carbonyl (C=O) groups is 2. The number of ether oxygens (including phenoxy) is 1. The first-order chi connectivity index (χ1) is 14.3. The molecule has 0 saturated heterocycles. The van der Waals surface area contributed by atoms with Crippen LogP contribution in [0.3, 0.4) is 0 Å². The highest BCUT2D eigenvalue weighted by molar-refractivity contribution is 7.10. The van der Waals surface area contributed by atoms with Crippen LogP contribution >= 0.6 is 22.9 Å². The third kappa shape index (κ3) is 5.16. The maximum absolute atomic E-state index is 13.3. The lowest BCUT2D eigenvalue weighted by atomic mass is 10.00. The fourth-order valence-corrected chi connectivity index (χ4v) is 4.72. The van der Waals surface area contributed by atoms with Crippen LogP contribution in [-0.2, 0) is 16.0 Å². The van der Waals surface area contributed by atoms with Crippen molar-refractivity contribution in [3.8, 4) is 5.75 Å². The maximum Gasteiger partial charge on any atom is 0.242 e. The lowest BCUT2D eigenvalue weighted by Crippen LogP contribution is -2.50. The topological polar surface area (TPSA) is 49.9 Å². The molecule has 0 N–H and O–H groups in total. The number of amides is 2. The van der Waals surface area contributed by atoms with Crippen LogP contribution < -0.4 is 4.74 Å². The highest BCUT2D eigenvalue weighted by atomic mass is 35.5. The van der Waals surface area contributed by atoms with Gasteiger partial charge in [-0.15, -0.1) is 11.3 Å². The first-order valence-electron chi connectivity index (χ1n) is 10.3. The zero-order valence-electron chi connectivity index (χ0n) is 17.9. The normalized spacial score (nSPS) is 16.0. The molecule has 1 aromatic carbocycles. The standard InChI is InChI=1S/C23H29ClN2O3S/c1-15(2)23(28)26(16(3)4)13-22(27)25-11-9-21-19(10-12-30-21)20(25)14-29-18-7-5-17(24)6-8-18/h5-8,10,12,15-16,20H,9,11,13-14H2,1-4H3/t20-/m1/s1. The smallest absolute Gasteiger partial charge is 0.242 e. The zero-order valence-corrected chi connectivity index (χ0v) is 19.5. The van der Waals surface area contributed by atoms with Gasteiger partial charge in [0.25, 0.3) is 0 Å². The molecule has 7 heteroatoms. The van der Waals surface area contributed by atoms with Crippen LogP contribution in [0.25, 0.3) is 0 Å². The van der Waals surface area contributed by atoms with Crippen molar-refractivity contribution in [2.75, 3.05) is 19.7 Å². The van der Waals surface area contributed by atoms with Gasteiger partial charge >= 0.3 is 0 Å². The molecule has 5 nitrogen and oxygen atoms in total. The molecule has 1 atom stereocenters. The van der Waals surface area contributed by atoms with E-state index in [1.807, 2.05) is 44.7 Å². The minimum absolute atomic E-state index is 0.000506. The number of halogens is 1. The fourth-order valence-electron chi connectivity index (χ4n) is 3.66. The summed E-state index contributed by atoms with van der Waals surface area (Å²) in [4.78, 5) is 30.7. The van der Waals surface area contributed by atoms with E-state index in [1.54, 1.807) is 28.4 Å². The molecule has 2 amide bonds. The summed E-state index contributed by atoms with van der Waals surface area (Å²) in [5, 5.41) is 2.72. The molecule has 1 aliphatic heterocycles. The SMILES string of the molecule is CC(C)C(=O)N(CC(=O)N1CCc2sccc2[C@H]1COc1ccc(Cl)cc1)C(C)C. The molecule has 0 spiro atoms. The van der Waals surface area contributed by atoms with Crippen molar-refractivity contribution in [1.29, 1.82) is 0 Å². The molecule has 2 heterocycles. The summed E-state index contributed by atoms with van der Waals surface area (Å²) in [7, 11) is 0. The van der Waals surface area contributed by atoms with Crippen molar-refractivity contribution in [3.63, 3.8) is 0 Å². The minimum Gasteiger partial charge on any atom is -0.491 e. The van der Waals surface area contributed by atoms with Gasteiger partial charge in [0.05, 0.1) is 6.04 Å². The van der Waals surface area contributed by atoms with Gasteiger partial charge in [0.15, 0.2) is 0 Å². The lowest BCUT2D eigenvalue weighted by Gasteiger charge is -2.38. The highest BCUT2D eigenvalue weighted by Crippen LogP contribution is 2.34. The molecule has 0 aliphatic carbocycles. The van der Waals surface area contributed by atoms with Gasteiger partial charge in [-0.05, 0) is 61.5 Å². The Balaban J connectivity index is 1.78. The second-order valence-corrected chi connectivity index (χ2v) is 9.57. The summed E-state index contributed by atoms with van der Waals surface area (Å²) in [6.07, 6.45) is 0.829. The Morgan fingerprint density at radius 3 is 2.53 bits per heavy atom. The molecule has 1 aliphatic rings. The van der Waals surface area contributed by atoms with Gasteiger partial charge in [0.2, 0.25) is 11.8 Å². The number of rotatable bonds is 7. The van der Waals surface area contributed by atoms with E-state index in [1.165, 1.54) is 4.88 Å². The predicted molar refractivity (Wildman–Crippen MR) is 121 cm³/mol. The van der Waals surface area contributed by atoms with Crippen LogP contribution in [-0.4, -0.2) is 47.4 Å². The average molecular weight is 449 g/mol. The quantitative estimate of drug-likeness (QED) is 0.611. The highest BCUT2D eigenvalue weighted by Gasteiger charge is 2.34. The van der Waals surface area contributed by atoms with Crippen molar-refractivity contribution in [1.82, 2.24) is 9.80 Å². The van der Waals surface area contributed by atoms with Gasteiger partial charge < -0.3 is 14.5 Å². The Hall–Kier alpha value is -2.05. The maximum atomic E-state index is 13.3. The van der Waals surface area contributed by atoms with Crippen LogP contribution in [0.1, 0.15) is 44.2 Å². The first-order valence-corrected chi connectivity index (χ1v) is 11.6. The summed E-state index contributed by atoms with van der Waals surface area (Å²) in [5.41, 5.74) is 1.14. The largest absolute Gasteiger partial charge is 0.491 e. The molecule has 0 bridgehead atoms. The van der Waals surface area contributed by atoms with Crippen LogP contribution in [0.2, 0.25) is 5.02 Å². The summed E-state index contributed by atoms with van der Waals surface area (Å²) in [6, 6.07) is 9.10. The number of nitrogens with zero attached hydrogens (tertiary/aromatic N) is 2. The van der Waals surface area contributed by atoms with E-state index in [0.717, 1.165) is 12.0 Å². The number of carbonyl (C=O) groups excluding carboxylic acids is 2. The van der Waals surface area contributed by atoms with Crippen molar-refractivity contribution < 1.29 is 14.3 Å². The molecule has 1 aromatic heterocycles. The average Bonchev–Trinajstić information content (AvgIpc) is 3.19. The molecule has 0 radical (unpaired) electrons. The van der Waals surface area contributed by atoms with Crippen molar-refractivity contribution >= 4 is 34.8 Å². The second kappa shape index (κ2) is 9.84. The van der Waals surface area contributed by atoms with Gasteiger partial charge in [0.1, 0.15) is 18.9 Å². The van der Waals surface area contributed by atoms with Gasteiger partial charge in [0, 0.05) is 28.4 Å². The zero-order chi connectivity index (χ0) is 21.8. The Bertz CT molecular complexity index is 879. The third-order valence-corrected chi connectivity index (χ3v) is 6.59. The van der Waals surface area contributed by atoms with Gasteiger partial charge in [-0.1, -0.05) is 25.4 Å². The molecule has 162 valence electrons. The first kappa shape index (κ1) is 22.6. The van der Waals surface area contributed by atoms with Crippen molar-refractivity contribution in [3.05, 3.63) is 51.2 Å². The van der Waals surface area contributed by atoms with Crippen LogP contribution in [0.15, 0.2) is 35.7 Å². The van der Waals surface area contributed by atoms with Crippen LogP contribution in [0.5, 0.6) is 5.75 Å². The third-order valence-electron chi connectivity index (χ3n) is 5.34. The summed E-state index contributed by atoms with van der Waals surface area (Å²) in [6.45, 7) is 8.70. The van der Waals surface area contributed by atoms with Crippen molar-refractivity contribution in [2.24, 2.45) is 5.92 Å². The number of benzene rings is 1. The van der Waals surface area contributed by atoms with E-state index in [9.17, 15) is 9.59 Å². The van der Waals surface area contributed by atoms with Gasteiger partial charge in [-0.3, -0.25) is 9.59 Å². The van der Waals surface area contributed by atoms with E-state index < -0.39 is 0 Å². The van der Waals surface area contributed by atoms with E-state index in [2.05, 4.69) is 11.4 Å². The summed E-state index contributed by atoms with van der Waals surface area (Å²) < 4.78 is 6.02.